The molecule has 2 aromatic heterocycles. The van der Waals surface area contributed by atoms with Gasteiger partial charge in [-0.1, -0.05) is 18.2 Å². The van der Waals surface area contributed by atoms with Gasteiger partial charge in [0, 0.05) is 24.5 Å². The Hall–Kier alpha value is -2.69. The fraction of sp³-hybridized carbons (Fsp3) is 0.316. The molecule has 0 saturated carbocycles. The number of hydrogen-bond donors (Lipinski definition) is 0. The molecule has 5 heteroatoms. The number of nitrogens with zero attached hydrogens (tertiary/aromatic N) is 5. The summed E-state index contributed by atoms with van der Waals surface area (Å²) in [5.74, 6) is 1.03. The van der Waals surface area contributed by atoms with E-state index in [1.807, 2.05) is 0 Å². The number of aromatic nitrogens is 3. The first-order valence-electron chi connectivity index (χ1n) is 8.36. The molecule has 0 amide bonds. The highest BCUT2D eigenvalue weighted by molar-refractivity contribution is 5.84. The van der Waals surface area contributed by atoms with Crippen LogP contribution in [0.2, 0.25) is 0 Å². The van der Waals surface area contributed by atoms with E-state index in [-0.39, 0.29) is 5.54 Å². The summed E-state index contributed by atoms with van der Waals surface area (Å²) >= 11 is 0. The second-order valence-corrected chi connectivity index (χ2v) is 7.04. The van der Waals surface area contributed by atoms with Gasteiger partial charge in [0.1, 0.15) is 5.52 Å². The molecule has 120 valence electrons. The van der Waals surface area contributed by atoms with Crippen molar-refractivity contribution in [3.05, 3.63) is 53.3 Å². The van der Waals surface area contributed by atoms with E-state index in [1.165, 1.54) is 22.4 Å². The molecule has 0 N–H and O–H groups in total. The van der Waals surface area contributed by atoms with Gasteiger partial charge in [0.2, 0.25) is 0 Å². The van der Waals surface area contributed by atoms with Crippen LogP contribution in [0.1, 0.15) is 30.5 Å². The molecule has 2 aliphatic heterocycles. The standard InChI is InChI=1S/C19H19N5/c1-12-15-18(22-17-16(12)20-9-10-21-17)23-11-8-13-6-4-5-7-14(13)24(23)19(15,2)3/h4-7,9-10H,8,11H2,1-3H3. The minimum Gasteiger partial charge on any atom is -0.274 e. The first-order valence-corrected chi connectivity index (χ1v) is 8.36. The van der Waals surface area contributed by atoms with Gasteiger partial charge >= 0.3 is 0 Å². The van der Waals surface area contributed by atoms with E-state index in [0.717, 1.165) is 29.9 Å². The van der Waals surface area contributed by atoms with E-state index in [9.17, 15) is 0 Å². The van der Waals surface area contributed by atoms with Gasteiger partial charge in [-0.25, -0.2) is 9.97 Å². The van der Waals surface area contributed by atoms with Crippen molar-refractivity contribution in [2.75, 3.05) is 16.6 Å². The van der Waals surface area contributed by atoms with E-state index >= 15 is 0 Å². The molecule has 2 aliphatic rings. The molecule has 5 rings (SSSR count). The lowest BCUT2D eigenvalue weighted by Crippen LogP contribution is -2.51. The number of pyridine rings is 1. The van der Waals surface area contributed by atoms with Gasteiger partial charge in [-0.3, -0.25) is 15.0 Å². The van der Waals surface area contributed by atoms with E-state index in [1.54, 1.807) is 12.4 Å². The number of rotatable bonds is 0. The molecule has 0 spiro atoms. The SMILES string of the molecule is Cc1c2c(nc3nccnc13)N1CCc3ccccc3N1C2(C)C. The predicted octanol–water partition coefficient (Wildman–Crippen LogP) is 3.37. The number of aryl methyl sites for hydroxylation is 1. The van der Waals surface area contributed by atoms with E-state index in [4.69, 9.17) is 4.98 Å². The number of hydrazine groups is 1. The molecule has 5 nitrogen and oxygen atoms in total. The monoisotopic (exact) mass is 317 g/mol. The van der Waals surface area contributed by atoms with Gasteiger partial charge in [-0.05, 0) is 44.4 Å². The van der Waals surface area contributed by atoms with Crippen LogP contribution in [-0.4, -0.2) is 21.5 Å². The maximum Gasteiger partial charge on any atom is 0.180 e. The topological polar surface area (TPSA) is 45.2 Å². The Morgan fingerprint density at radius 1 is 1.08 bits per heavy atom. The number of benzene rings is 1. The van der Waals surface area contributed by atoms with Crippen LogP contribution in [0, 0.1) is 6.92 Å². The maximum atomic E-state index is 4.88. The molecule has 0 bridgehead atoms. The van der Waals surface area contributed by atoms with Crippen LogP contribution in [0.15, 0.2) is 36.7 Å². The third-order valence-corrected chi connectivity index (χ3v) is 5.28. The lowest BCUT2D eigenvalue weighted by atomic mass is 9.90. The van der Waals surface area contributed by atoms with Gasteiger partial charge < -0.3 is 0 Å². The van der Waals surface area contributed by atoms with Gasteiger partial charge in [-0.15, -0.1) is 0 Å². The number of hydrogen-bond acceptors (Lipinski definition) is 5. The highest BCUT2D eigenvalue weighted by atomic mass is 15.7. The molecule has 24 heavy (non-hydrogen) atoms. The molecular weight excluding hydrogens is 298 g/mol. The average molecular weight is 317 g/mol. The molecular formula is C19H19N5. The quantitative estimate of drug-likeness (QED) is 0.636. The first-order chi connectivity index (χ1) is 11.6. The molecule has 0 unspecified atom stereocenters. The Morgan fingerprint density at radius 3 is 2.75 bits per heavy atom. The minimum absolute atomic E-state index is 0.172. The van der Waals surface area contributed by atoms with Crippen LogP contribution >= 0.6 is 0 Å². The largest absolute Gasteiger partial charge is 0.274 e. The summed E-state index contributed by atoms with van der Waals surface area (Å²) < 4.78 is 0. The van der Waals surface area contributed by atoms with E-state index in [2.05, 4.69) is 65.0 Å². The molecule has 3 aromatic rings. The van der Waals surface area contributed by atoms with Crippen molar-refractivity contribution in [2.24, 2.45) is 0 Å². The number of para-hydroxylation sites is 1. The second kappa shape index (κ2) is 4.44. The lowest BCUT2D eigenvalue weighted by Gasteiger charge is -2.43. The molecule has 0 aliphatic carbocycles. The fourth-order valence-electron chi connectivity index (χ4n) is 4.33. The van der Waals surface area contributed by atoms with Crippen LogP contribution in [0.4, 0.5) is 11.5 Å². The first kappa shape index (κ1) is 13.7. The lowest BCUT2D eigenvalue weighted by molar-refractivity contribution is 0.487. The van der Waals surface area contributed by atoms with Crippen molar-refractivity contribution in [1.82, 2.24) is 15.0 Å². The van der Waals surface area contributed by atoms with Gasteiger partial charge in [0.15, 0.2) is 11.5 Å². The highest BCUT2D eigenvalue weighted by Crippen LogP contribution is 2.50. The average Bonchev–Trinajstić information content (AvgIpc) is 2.83. The molecule has 0 radical (unpaired) electrons. The Kier molecular flexibility index (Phi) is 2.54. The van der Waals surface area contributed by atoms with Crippen molar-refractivity contribution >= 4 is 22.7 Å². The van der Waals surface area contributed by atoms with Crippen LogP contribution < -0.4 is 10.0 Å². The summed E-state index contributed by atoms with van der Waals surface area (Å²) in [7, 11) is 0. The van der Waals surface area contributed by atoms with Crippen molar-refractivity contribution < 1.29 is 0 Å². The Bertz CT molecular complexity index is 979. The number of anilines is 2. The summed E-state index contributed by atoms with van der Waals surface area (Å²) in [6.45, 7) is 7.62. The van der Waals surface area contributed by atoms with Crippen molar-refractivity contribution in [3.63, 3.8) is 0 Å². The smallest absolute Gasteiger partial charge is 0.180 e. The molecule has 0 fully saturated rings. The zero-order chi connectivity index (χ0) is 16.5. The van der Waals surface area contributed by atoms with Crippen molar-refractivity contribution in [2.45, 2.75) is 32.7 Å². The summed E-state index contributed by atoms with van der Waals surface area (Å²) in [5.41, 5.74) is 6.56. The molecule has 0 atom stereocenters. The van der Waals surface area contributed by atoms with Crippen LogP contribution in [-0.2, 0) is 12.0 Å². The predicted molar refractivity (Wildman–Crippen MR) is 95.1 cm³/mol. The minimum atomic E-state index is -0.172. The zero-order valence-corrected chi connectivity index (χ0v) is 14.1. The number of fused-ring (bicyclic) bond motifs is 6. The van der Waals surface area contributed by atoms with Gasteiger partial charge in [0.05, 0.1) is 11.2 Å². The highest BCUT2D eigenvalue weighted by Gasteiger charge is 2.47. The summed E-state index contributed by atoms with van der Waals surface area (Å²) in [5, 5.41) is 4.72. The van der Waals surface area contributed by atoms with E-state index < -0.39 is 0 Å². The summed E-state index contributed by atoms with van der Waals surface area (Å²) in [6.07, 6.45) is 4.49. The fourth-order valence-corrected chi connectivity index (χ4v) is 4.33. The van der Waals surface area contributed by atoms with Crippen molar-refractivity contribution in [1.29, 1.82) is 0 Å². The Balaban J connectivity index is 1.83. The third kappa shape index (κ3) is 1.57. The molecule has 0 saturated heterocycles. The van der Waals surface area contributed by atoms with Gasteiger partial charge in [-0.2, -0.15) is 0 Å². The summed E-state index contributed by atoms with van der Waals surface area (Å²) in [4.78, 5) is 13.8. The second-order valence-electron chi connectivity index (χ2n) is 7.04. The van der Waals surface area contributed by atoms with Gasteiger partial charge in [0.25, 0.3) is 0 Å². The van der Waals surface area contributed by atoms with Crippen LogP contribution in [0.25, 0.3) is 11.2 Å². The third-order valence-electron chi connectivity index (χ3n) is 5.28. The molecule has 4 heterocycles. The molecule has 1 aromatic carbocycles. The Morgan fingerprint density at radius 2 is 1.88 bits per heavy atom. The Labute approximate surface area is 140 Å². The summed E-state index contributed by atoms with van der Waals surface area (Å²) in [6, 6.07) is 8.67. The normalized spacial score (nSPS) is 17.6. The van der Waals surface area contributed by atoms with Crippen LogP contribution in [0.3, 0.4) is 0 Å². The van der Waals surface area contributed by atoms with E-state index in [0.29, 0.717) is 0 Å². The van der Waals surface area contributed by atoms with Crippen molar-refractivity contribution in [3.8, 4) is 0 Å². The van der Waals surface area contributed by atoms with Crippen LogP contribution in [0.5, 0.6) is 0 Å². The zero-order valence-electron chi connectivity index (χ0n) is 14.1. The maximum absolute atomic E-state index is 4.88.